The summed E-state index contributed by atoms with van der Waals surface area (Å²) in [5.41, 5.74) is 1.31. The fraction of sp³-hybridized carbons (Fsp3) is 0.250. The lowest BCUT2D eigenvalue weighted by atomic mass is 10.1. The van der Waals surface area contributed by atoms with Crippen LogP contribution in [0.25, 0.3) is 11.3 Å². The molecular formula is C12H11ClN2O3. The molecule has 1 aromatic heterocycles. The van der Waals surface area contributed by atoms with Crippen LogP contribution in [0.3, 0.4) is 0 Å². The fourth-order valence-electron chi connectivity index (χ4n) is 1.62. The standard InChI is InChI=1S/C12H11ClN2O3/c1-7(13)12-14-8(2)11(18-12)9-4-3-5-10(6-9)15(16)17/h3-7H,1-2H3. The number of nitro benzene ring substituents is 1. The molecule has 6 heteroatoms. The zero-order chi connectivity index (χ0) is 13.3. The average Bonchev–Trinajstić information content (AvgIpc) is 2.72. The number of alkyl halides is 1. The summed E-state index contributed by atoms with van der Waals surface area (Å²) in [5.74, 6) is 0.928. The molecule has 0 saturated carbocycles. The minimum atomic E-state index is -0.444. The molecule has 0 fully saturated rings. The number of halogens is 1. The van der Waals surface area contributed by atoms with Crippen LogP contribution in [0.5, 0.6) is 0 Å². The van der Waals surface area contributed by atoms with Gasteiger partial charge in [-0.1, -0.05) is 12.1 Å². The Hall–Kier alpha value is -1.88. The molecule has 1 atom stereocenters. The molecule has 0 bridgehead atoms. The molecule has 0 N–H and O–H groups in total. The number of hydrogen-bond acceptors (Lipinski definition) is 4. The SMILES string of the molecule is Cc1nc(C(C)Cl)oc1-c1cccc([N+](=O)[O-])c1. The second kappa shape index (κ2) is 4.78. The van der Waals surface area contributed by atoms with Crippen molar-refractivity contribution in [1.82, 2.24) is 4.98 Å². The van der Waals surface area contributed by atoms with Crippen molar-refractivity contribution in [2.45, 2.75) is 19.2 Å². The molecule has 1 unspecified atom stereocenters. The van der Waals surface area contributed by atoms with E-state index in [4.69, 9.17) is 16.0 Å². The molecule has 0 radical (unpaired) electrons. The van der Waals surface area contributed by atoms with E-state index in [-0.39, 0.29) is 11.1 Å². The molecule has 0 aliphatic rings. The van der Waals surface area contributed by atoms with E-state index in [0.29, 0.717) is 22.9 Å². The van der Waals surface area contributed by atoms with Crippen molar-refractivity contribution in [3.8, 4) is 11.3 Å². The van der Waals surface area contributed by atoms with Gasteiger partial charge in [-0.05, 0) is 13.8 Å². The molecule has 1 heterocycles. The van der Waals surface area contributed by atoms with Crippen molar-refractivity contribution in [3.63, 3.8) is 0 Å². The van der Waals surface area contributed by atoms with Crippen LogP contribution in [-0.2, 0) is 0 Å². The van der Waals surface area contributed by atoms with E-state index in [1.165, 1.54) is 12.1 Å². The van der Waals surface area contributed by atoms with Gasteiger partial charge in [-0.2, -0.15) is 0 Å². The van der Waals surface area contributed by atoms with Crippen LogP contribution in [-0.4, -0.2) is 9.91 Å². The van der Waals surface area contributed by atoms with E-state index in [9.17, 15) is 10.1 Å². The Morgan fingerprint density at radius 2 is 2.22 bits per heavy atom. The highest BCUT2D eigenvalue weighted by molar-refractivity contribution is 6.20. The van der Waals surface area contributed by atoms with E-state index >= 15 is 0 Å². The number of rotatable bonds is 3. The summed E-state index contributed by atoms with van der Waals surface area (Å²) in [7, 11) is 0. The minimum absolute atomic E-state index is 0.0174. The molecule has 0 aliphatic heterocycles. The first-order chi connectivity index (χ1) is 8.49. The molecule has 2 aromatic rings. The van der Waals surface area contributed by atoms with Crippen molar-refractivity contribution in [2.24, 2.45) is 0 Å². The maximum atomic E-state index is 10.7. The van der Waals surface area contributed by atoms with Gasteiger partial charge in [0.2, 0.25) is 5.89 Å². The van der Waals surface area contributed by atoms with E-state index < -0.39 is 4.92 Å². The Kier molecular flexibility index (Phi) is 3.34. The third-order valence-corrected chi connectivity index (χ3v) is 2.66. The number of oxazole rings is 1. The number of aromatic nitrogens is 1. The number of hydrogen-bond donors (Lipinski definition) is 0. The molecule has 18 heavy (non-hydrogen) atoms. The van der Waals surface area contributed by atoms with Crippen LogP contribution in [0.4, 0.5) is 5.69 Å². The van der Waals surface area contributed by atoms with E-state index in [1.54, 1.807) is 26.0 Å². The fourth-order valence-corrected chi connectivity index (χ4v) is 1.71. The van der Waals surface area contributed by atoms with Crippen LogP contribution in [0.1, 0.15) is 23.9 Å². The highest BCUT2D eigenvalue weighted by Gasteiger charge is 2.16. The van der Waals surface area contributed by atoms with Gasteiger partial charge in [0.15, 0.2) is 5.76 Å². The van der Waals surface area contributed by atoms with Gasteiger partial charge < -0.3 is 4.42 Å². The molecule has 94 valence electrons. The van der Waals surface area contributed by atoms with Gasteiger partial charge in [-0.25, -0.2) is 4.98 Å². The molecule has 5 nitrogen and oxygen atoms in total. The van der Waals surface area contributed by atoms with Gasteiger partial charge in [0.25, 0.3) is 5.69 Å². The van der Waals surface area contributed by atoms with Gasteiger partial charge in [-0.3, -0.25) is 10.1 Å². The molecular weight excluding hydrogens is 256 g/mol. The molecule has 1 aromatic carbocycles. The van der Waals surface area contributed by atoms with Crippen LogP contribution in [0.2, 0.25) is 0 Å². The van der Waals surface area contributed by atoms with Crippen molar-refractivity contribution in [2.75, 3.05) is 0 Å². The Morgan fingerprint density at radius 3 is 2.78 bits per heavy atom. The second-order valence-electron chi connectivity index (χ2n) is 3.89. The first kappa shape index (κ1) is 12.6. The lowest BCUT2D eigenvalue weighted by Gasteiger charge is -1.98. The smallest absolute Gasteiger partial charge is 0.270 e. The summed E-state index contributed by atoms with van der Waals surface area (Å²) in [6.45, 7) is 3.53. The minimum Gasteiger partial charge on any atom is -0.439 e. The van der Waals surface area contributed by atoms with E-state index in [1.807, 2.05) is 0 Å². The van der Waals surface area contributed by atoms with Crippen molar-refractivity contribution in [1.29, 1.82) is 0 Å². The van der Waals surface area contributed by atoms with Gasteiger partial charge >= 0.3 is 0 Å². The zero-order valence-corrected chi connectivity index (χ0v) is 10.6. The summed E-state index contributed by atoms with van der Waals surface area (Å²) in [4.78, 5) is 14.5. The number of benzene rings is 1. The largest absolute Gasteiger partial charge is 0.439 e. The normalized spacial score (nSPS) is 12.4. The lowest BCUT2D eigenvalue weighted by Crippen LogP contribution is -1.88. The lowest BCUT2D eigenvalue weighted by molar-refractivity contribution is -0.384. The average molecular weight is 267 g/mol. The van der Waals surface area contributed by atoms with Crippen molar-refractivity contribution < 1.29 is 9.34 Å². The first-order valence-corrected chi connectivity index (χ1v) is 5.79. The first-order valence-electron chi connectivity index (χ1n) is 5.35. The Bertz CT molecular complexity index is 593. The Morgan fingerprint density at radius 1 is 1.50 bits per heavy atom. The molecule has 0 spiro atoms. The highest BCUT2D eigenvalue weighted by Crippen LogP contribution is 2.30. The van der Waals surface area contributed by atoms with Gasteiger partial charge in [-0.15, -0.1) is 11.6 Å². The van der Waals surface area contributed by atoms with Crippen LogP contribution >= 0.6 is 11.6 Å². The number of aryl methyl sites for hydroxylation is 1. The molecule has 0 saturated heterocycles. The molecule has 0 aliphatic carbocycles. The topological polar surface area (TPSA) is 69.2 Å². The van der Waals surface area contributed by atoms with E-state index in [0.717, 1.165) is 0 Å². The number of nitrogens with zero attached hydrogens (tertiary/aromatic N) is 2. The summed E-state index contributed by atoms with van der Waals surface area (Å²) in [6, 6.07) is 6.24. The summed E-state index contributed by atoms with van der Waals surface area (Å²) in [6.07, 6.45) is 0. The van der Waals surface area contributed by atoms with Crippen molar-refractivity contribution in [3.05, 3.63) is 46.0 Å². The number of nitro groups is 1. The second-order valence-corrected chi connectivity index (χ2v) is 4.54. The molecule has 2 rings (SSSR count). The van der Waals surface area contributed by atoms with E-state index in [2.05, 4.69) is 4.98 Å². The predicted molar refractivity (Wildman–Crippen MR) is 67.6 cm³/mol. The Balaban J connectivity index is 2.48. The summed E-state index contributed by atoms with van der Waals surface area (Å²) < 4.78 is 5.53. The predicted octanol–water partition coefficient (Wildman–Crippen LogP) is 3.86. The third kappa shape index (κ3) is 2.36. The Labute approximate surface area is 109 Å². The maximum absolute atomic E-state index is 10.7. The summed E-state index contributed by atoms with van der Waals surface area (Å²) in [5, 5.41) is 10.4. The van der Waals surface area contributed by atoms with Crippen LogP contribution in [0, 0.1) is 17.0 Å². The van der Waals surface area contributed by atoms with Gasteiger partial charge in [0, 0.05) is 17.7 Å². The summed E-state index contributed by atoms with van der Waals surface area (Å²) >= 11 is 5.89. The van der Waals surface area contributed by atoms with Gasteiger partial charge in [0.1, 0.15) is 5.38 Å². The molecule has 0 amide bonds. The van der Waals surface area contributed by atoms with Crippen LogP contribution in [0.15, 0.2) is 28.7 Å². The maximum Gasteiger partial charge on any atom is 0.270 e. The van der Waals surface area contributed by atoms with Crippen LogP contribution < -0.4 is 0 Å². The number of non-ortho nitro benzene ring substituents is 1. The monoisotopic (exact) mass is 266 g/mol. The highest BCUT2D eigenvalue weighted by atomic mass is 35.5. The quantitative estimate of drug-likeness (QED) is 0.480. The van der Waals surface area contributed by atoms with Crippen molar-refractivity contribution >= 4 is 17.3 Å². The zero-order valence-electron chi connectivity index (χ0n) is 9.88. The third-order valence-electron chi connectivity index (χ3n) is 2.47. The van der Waals surface area contributed by atoms with Gasteiger partial charge in [0.05, 0.1) is 10.6 Å².